The molecule has 2 atom stereocenters. The highest BCUT2D eigenvalue weighted by Gasteiger charge is 2.08. The van der Waals surface area contributed by atoms with E-state index < -0.39 is 0 Å². The highest BCUT2D eigenvalue weighted by Crippen LogP contribution is 2.10. The van der Waals surface area contributed by atoms with Crippen LogP contribution < -0.4 is 0 Å². The molecule has 0 amide bonds. The Morgan fingerprint density at radius 2 is 1.08 bits per heavy atom. The standard InChI is InChI=1S/C22H36O4/c1-5-7-11-15-21(25-19(3)23)17-13-9-10-14-18-22(26-20(4)24)16-12-8-6-2/h9-10,13-14,17-18,21-22H,5-8,11-12,15-16H2,1-4H3/b10-9-,17-13+,18-14+/t21-,22+. The van der Waals surface area contributed by atoms with Crippen molar-refractivity contribution in [2.24, 2.45) is 0 Å². The van der Waals surface area contributed by atoms with Crippen LogP contribution in [-0.2, 0) is 19.1 Å². The molecule has 0 unspecified atom stereocenters. The van der Waals surface area contributed by atoms with Crippen molar-refractivity contribution >= 4 is 11.9 Å². The highest BCUT2D eigenvalue weighted by molar-refractivity contribution is 5.66. The first-order chi connectivity index (χ1) is 12.5. The number of hydrogen-bond acceptors (Lipinski definition) is 4. The Balaban J connectivity index is 4.48. The third-order valence-corrected chi connectivity index (χ3v) is 3.80. The molecular formula is C22H36O4. The molecule has 0 aliphatic carbocycles. The van der Waals surface area contributed by atoms with Crippen molar-refractivity contribution in [3.05, 3.63) is 36.5 Å². The highest BCUT2D eigenvalue weighted by atomic mass is 16.5. The fourth-order valence-electron chi connectivity index (χ4n) is 2.51. The minimum absolute atomic E-state index is 0.171. The summed E-state index contributed by atoms with van der Waals surface area (Å²) in [4.78, 5) is 22.3. The van der Waals surface area contributed by atoms with Gasteiger partial charge in [-0.1, -0.05) is 63.8 Å². The predicted octanol–water partition coefficient (Wildman–Crippen LogP) is 5.68. The van der Waals surface area contributed by atoms with Crippen molar-refractivity contribution in [2.75, 3.05) is 0 Å². The Morgan fingerprint density at radius 1 is 0.692 bits per heavy atom. The Labute approximate surface area is 159 Å². The lowest BCUT2D eigenvalue weighted by Crippen LogP contribution is -2.13. The minimum atomic E-state index is -0.253. The van der Waals surface area contributed by atoms with Gasteiger partial charge in [0.05, 0.1) is 0 Å². The maximum absolute atomic E-state index is 11.2. The lowest BCUT2D eigenvalue weighted by Gasteiger charge is -2.12. The Kier molecular flexibility index (Phi) is 15.4. The maximum atomic E-state index is 11.2. The fourth-order valence-corrected chi connectivity index (χ4v) is 2.51. The Morgan fingerprint density at radius 3 is 1.38 bits per heavy atom. The van der Waals surface area contributed by atoms with Crippen LogP contribution in [0, 0.1) is 0 Å². The molecule has 4 nitrogen and oxygen atoms in total. The Hall–Kier alpha value is -1.84. The number of rotatable bonds is 14. The van der Waals surface area contributed by atoms with Gasteiger partial charge < -0.3 is 9.47 Å². The first-order valence-corrected chi connectivity index (χ1v) is 9.85. The van der Waals surface area contributed by atoms with E-state index in [2.05, 4.69) is 13.8 Å². The van der Waals surface area contributed by atoms with Gasteiger partial charge in [-0.15, -0.1) is 0 Å². The average molecular weight is 365 g/mol. The molecule has 0 N–H and O–H groups in total. The van der Waals surface area contributed by atoms with Gasteiger partial charge in [0.2, 0.25) is 0 Å². The molecule has 0 radical (unpaired) electrons. The third-order valence-electron chi connectivity index (χ3n) is 3.80. The van der Waals surface area contributed by atoms with E-state index >= 15 is 0 Å². The van der Waals surface area contributed by atoms with Crippen molar-refractivity contribution in [3.8, 4) is 0 Å². The lowest BCUT2D eigenvalue weighted by atomic mass is 10.1. The second-order valence-electron chi connectivity index (χ2n) is 6.44. The molecule has 0 bridgehead atoms. The lowest BCUT2D eigenvalue weighted by molar-refractivity contribution is -0.145. The summed E-state index contributed by atoms with van der Waals surface area (Å²) < 4.78 is 10.6. The van der Waals surface area contributed by atoms with Crippen LogP contribution in [-0.4, -0.2) is 24.1 Å². The van der Waals surface area contributed by atoms with Crippen LogP contribution >= 0.6 is 0 Å². The molecule has 0 spiro atoms. The molecule has 0 aliphatic heterocycles. The number of esters is 2. The molecule has 148 valence electrons. The first kappa shape index (κ1) is 24.2. The molecule has 0 saturated carbocycles. The van der Waals surface area contributed by atoms with Crippen molar-refractivity contribution in [1.82, 2.24) is 0 Å². The normalized spacial score (nSPS) is 14.2. The van der Waals surface area contributed by atoms with Gasteiger partial charge in [-0.3, -0.25) is 9.59 Å². The number of allylic oxidation sites excluding steroid dienone is 4. The summed E-state index contributed by atoms with van der Waals surface area (Å²) in [6, 6.07) is 0. The molecule has 0 saturated heterocycles. The van der Waals surface area contributed by atoms with Crippen LogP contribution in [0.5, 0.6) is 0 Å². The Bertz CT molecular complexity index is 421. The summed E-state index contributed by atoms with van der Waals surface area (Å²) in [5.74, 6) is -0.507. The summed E-state index contributed by atoms with van der Waals surface area (Å²) in [5, 5.41) is 0. The molecule has 0 aromatic heterocycles. The molecule has 0 aliphatic rings. The van der Waals surface area contributed by atoms with Crippen molar-refractivity contribution < 1.29 is 19.1 Å². The van der Waals surface area contributed by atoms with Crippen LogP contribution in [0.25, 0.3) is 0 Å². The van der Waals surface area contributed by atoms with E-state index in [-0.39, 0.29) is 24.1 Å². The zero-order valence-corrected chi connectivity index (χ0v) is 16.9. The quantitative estimate of drug-likeness (QED) is 0.226. The molecule has 0 fully saturated rings. The average Bonchev–Trinajstić information content (AvgIpc) is 2.56. The number of unbranched alkanes of at least 4 members (excludes halogenated alkanes) is 4. The molecular weight excluding hydrogens is 328 g/mol. The smallest absolute Gasteiger partial charge is 0.303 e. The number of ether oxygens (including phenoxy) is 2. The van der Waals surface area contributed by atoms with Crippen molar-refractivity contribution in [3.63, 3.8) is 0 Å². The SMILES string of the molecule is CCCCC[C@@H](/C=C/C=C\C=C\[C@@H](CCCCC)OC(C)=O)OC(C)=O. The zero-order chi connectivity index (χ0) is 19.6. The first-order valence-electron chi connectivity index (χ1n) is 9.85. The minimum Gasteiger partial charge on any atom is -0.458 e. The van der Waals surface area contributed by atoms with E-state index in [9.17, 15) is 9.59 Å². The number of hydrogen-bond donors (Lipinski definition) is 0. The largest absolute Gasteiger partial charge is 0.458 e. The van der Waals surface area contributed by atoms with E-state index in [1.165, 1.54) is 13.8 Å². The fraction of sp³-hybridized carbons (Fsp3) is 0.636. The van der Waals surface area contributed by atoms with E-state index in [1.807, 2.05) is 36.5 Å². The second-order valence-corrected chi connectivity index (χ2v) is 6.44. The van der Waals surface area contributed by atoms with Crippen LogP contribution in [0.15, 0.2) is 36.5 Å². The second kappa shape index (κ2) is 16.6. The molecule has 26 heavy (non-hydrogen) atoms. The summed E-state index contributed by atoms with van der Waals surface area (Å²) in [7, 11) is 0. The number of carbonyl (C=O) groups is 2. The van der Waals surface area contributed by atoms with Gasteiger partial charge in [0.15, 0.2) is 0 Å². The van der Waals surface area contributed by atoms with Gasteiger partial charge in [-0.05, 0) is 37.8 Å². The van der Waals surface area contributed by atoms with Gasteiger partial charge in [0, 0.05) is 13.8 Å². The topological polar surface area (TPSA) is 52.6 Å². The van der Waals surface area contributed by atoms with E-state index in [1.54, 1.807) is 0 Å². The maximum Gasteiger partial charge on any atom is 0.303 e. The summed E-state index contributed by atoms with van der Waals surface area (Å²) in [5.41, 5.74) is 0. The summed E-state index contributed by atoms with van der Waals surface area (Å²) >= 11 is 0. The van der Waals surface area contributed by atoms with Crippen LogP contribution in [0.1, 0.15) is 79.1 Å². The van der Waals surface area contributed by atoms with Gasteiger partial charge in [-0.25, -0.2) is 0 Å². The van der Waals surface area contributed by atoms with Gasteiger partial charge in [0.25, 0.3) is 0 Å². The van der Waals surface area contributed by atoms with E-state index in [0.717, 1.165) is 51.4 Å². The van der Waals surface area contributed by atoms with Gasteiger partial charge >= 0.3 is 11.9 Å². The zero-order valence-electron chi connectivity index (χ0n) is 16.9. The van der Waals surface area contributed by atoms with Gasteiger partial charge in [-0.2, -0.15) is 0 Å². The van der Waals surface area contributed by atoms with Gasteiger partial charge in [0.1, 0.15) is 12.2 Å². The number of carbonyl (C=O) groups excluding carboxylic acids is 2. The van der Waals surface area contributed by atoms with Crippen LogP contribution in [0.2, 0.25) is 0 Å². The van der Waals surface area contributed by atoms with E-state index in [4.69, 9.17) is 9.47 Å². The monoisotopic (exact) mass is 364 g/mol. The van der Waals surface area contributed by atoms with E-state index in [0.29, 0.717) is 0 Å². The van der Waals surface area contributed by atoms with Crippen molar-refractivity contribution in [1.29, 1.82) is 0 Å². The molecule has 0 aromatic carbocycles. The molecule has 0 aromatic rings. The summed E-state index contributed by atoms with van der Waals surface area (Å²) in [6.45, 7) is 7.17. The third kappa shape index (κ3) is 15.7. The molecule has 0 heterocycles. The van der Waals surface area contributed by atoms with Crippen LogP contribution in [0.4, 0.5) is 0 Å². The van der Waals surface area contributed by atoms with Crippen LogP contribution in [0.3, 0.4) is 0 Å². The molecule has 4 heteroatoms. The predicted molar refractivity (Wildman–Crippen MR) is 107 cm³/mol. The molecule has 0 rings (SSSR count). The van der Waals surface area contributed by atoms with Crippen molar-refractivity contribution in [2.45, 2.75) is 91.3 Å². The summed E-state index contributed by atoms with van der Waals surface area (Å²) in [6.07, 6.45) is 19.4.